The highest BCUT2D eigenvalue weighted by molar-refractivity contribution is 5.71. The summed E-state index contributed by atoms with van der Waals surface area (Å²) in [7, 11) is 0. The Morgan fingerprint density at radius 2 is 2.54 bits per heavy atom. The number of carboxylic acid groups (broad SMARTS) is 1. The number of ether oxygens (including phenoxy) is 1. The molecule has 76 valence electrons. The maximum absolute atomic E-state index is 10.4. The molecule has 0 aromatic heterocycles. The molecule has 0 aromatic carbocycles. The van der Waals surface area contributed by atoms with Crippen LogP contribution in [-0.2, 0) is 9.53 Å². The maximum Gasteiger partial charge on any atom is 0.332 e. The van der Waals surface area contributed by atoms with Gasteiger partial charge in [-0.3, -0.25) is 0 Å². The Morgan fingerprint density at radius 3 is 3.08 bits per heavy atom. The molecule has 0 aromatic rings. The highest BCUT2D eigenvalue weighted by Gasteiger charge is 2.16. The number of hydrogen-bond acceptors (Lipinski definition) is 3. The van der Waals surface area contributed by atoms with Gasteiger partial charge in [-0.15, -0.1) is 0 Å². The Labute approximate surface area is 78.3 Å². The molecule has 0 saturated carbocycles. The lowest BCUT2D eigenvalue weighted by atomic mass is 10.1. The summed E-state index contributed by atoms with van der Waals surface area (Å²) in [5, 5.41) is 11.8. The quantitative estimate of drug-likeness (QED) is 0.657. The Kier molecular flexibility index (Phi) is 4.18. The largest absolute Gasteiger partial charge is 0.479 e. The van der Waals surface area contributed by atoms with Crippen molar-refractivity contribution in [2.24, 2.45) is 5.92 Å². The second kappa shape index (κ2) is 5.19. The predicted octanol–water partition coefficient (Wildman–Crippen LogP) is 0.476. The van der Waals surface area contributed by atoms with Crippen LogP contribution in [0.5, 0.6) is 0 Å². The van der Waals surface area contributed by atoms with E-state index >= 15 is 0 Å². The molecule has 1 rings (SSSR count). The van der Waals surface area contributed by atoms with Crippen molar-refractivity contribution in [2.45, 2.75) is 25.9 Å². The van der Waals surface area contributed by atoms with E-state index in [9.17, 15) is 4.79 Å². The van der Waals surface area contributed by atoms with Gasteiger partial charge in [0, 0.05) is 6.61 Å². The molecule has 1 heterocycles. The van der Waals surface area contributed by atoms with Gasteiger partial charge in [0.25, 0.3) is 0 Å². The van der Waals surface area contributed by atoms with Crippen LogP contribution in [0.3, 0.4) is 0 Å². The fourth-order valence-corrected chi connectivity index (χ4v) is 1.44. The summed E-state index contributed by atoms with van der Waals surface area (Å²) in [6.45, 7) is 4.25. The van der Waals surface area contributed by atoms with Crippen LogP contribution in [0.1, 0.15) is 19.8 Å². The summed E-state index contributed by atoms with van der Waals surface area (Å²) < 4.78 is 5.14. The summed E-state index contributed by atoms with van der Waals surface area (Å²) in [6, 6.07) is 0. The second-order valence-corrected chi connectivity index (χ2v) is 3.50. The lowest BCUT2D eigenvalue weighted by Gasteiger charge is -2.11. The van der Waals surface area contributed by atoms with Gasteiger partial charge < -0.3 is 15.2 Å². The molecule has 1 fully saturated rings. The summed E-state index contributed by atoms with van der Waals surface area (Å²) in [6.07, 6.45) is 1.48. The zero-order valence-electron chi connectivity index (χ0n) is 7.95. The standard InChI is InChI=1S/C9H17NO3/c1-7(9(11)12)13-5-3-8-2-4-10-6-8/h7-8,10H,2-6H2,1H3,(H,11,12). The minimum atomic E-state index is -0.885. The highest BCUT2D eigenvalue weighted by atomic mass is 16.5. The van der Waals surface area contributed by atoms with Gasteiger partial charge in [0.2, 0.25) is 0 Å². The van der Waals surface area contributed by atoms with Crippen molar-refractivity contribution in [2.75, 3.05) is 19.7 Å². The van der Waals surface area contributed by atoms with Crippen molar-refractivity contribution >= 4 is 5.97 Å². The van der Waals surface area contributed by atoms with Crippen LogP contribution >= 0.6 is 0 Å². The van der Waals surface area contributed by atoms with Gasteiger partial charge in [0.05, 0.1) is 0 Å². The maximum atomic E-state index is 10.4. The first-order chi connectivity index (χ1) is 6.20. The van der Waals surface area contributed by atoms with Crippen LogP contribution in [0.2, 0.25) is 0 Å². The highest BCUT2D eigenvalue weighted by Crippen LogP contribution is 2.12. The van der Waals surface area contributed by atoms with Crippen LogP contribution < -0.4 is 5.32 Å². The first-order valence-corrected chi connectivity index (χ1v) is 4.75. The van der Waals surface area contributed by atoms with Crippen LogP contribution in [0.4, 0.5) is 0 Å². The fourth-order valence-electron chi connectivity index (χ4n) is 1.44. The van der Waals surface area contributed by atoms with Crippen LogP contribution in [0.25, 0.3) is 0 Å². The summed E-state index contributed by atoms with van der Waals surface area (Å²) >= 11 is 0. The molecule has 1 aliphatic rings. The minimum absolute atomic E-state index is 0.555. The van der Waals surface area contributed by atoms with E-state index in [1.54, 1.807) is 6.92 Å². The lowest BCUT2D eigenvalue weighted by Crippen LogP contribution is -2.21. The molecule has 2 unspecified atom stereocenters. The van der Waals surface area contributed by atoms with Crippen molar-refractivity contribution in [1.82, 2.24) is 5.32 Å². The number of carboxylic acids is 1. The smallest absolute Gasteiger partial charge is 0.332 e. The number of hydrogen-bond donors (Lipinski definition) is 2. The van der Waals surface area contributed by atoms with Gasteiger partial charge in [-0.05, 0) is 38.8 Å². The Hall–Kier alpha value is -0.610. The van der Waals surface area contributed by atoms with E-state index in [2.05, 4.69) is 5.32 Å². The van der Waals surface area contributed by atoms with E-state index in [-0.39, 0.29) is 0 Å². The average molecular weight is 187 g/mol. The second-order valence-electron chi connectivity index (χ2n) is 3.50. The third-order valence-electron chi connectivity index (χ3n) is 2.40. The molecule has 0 amide bonds. The monoisotopic (exact) mass is 187 g/mol. The van der Waals surface area contributed by atoms with Crippen molar-refractivity contribution < 1.29 is 14.6 Å². The Balaban J connectivity index is 2.02. The number of aliphatic carboxylic acids is 1. The molecule has 2 N–H and O–H groups in total. The molecule has 0 spiro atoms. The van der Waals surface area contributed by atoms with E-state index in [1.165, 1.54) is 6.42 Å². The normalized spacial score (nSPS) is 24.5. The van der Waals surface area contributed by atoms with Gasteiger partial charge >= 0.3 is 5.97 Å². The molecule has 0 bridgehead atoms. The van der Waals surface area contributed by atoms with Gasteiger partial charge in [0.1, 0.15) is 0 Å². The van der Waals surface area contributed by atoms with Crippen molar-refractivity contribution in [1.29, 1.82) is 0 Å². The minimum Gasteiger partial charge on any atom is -0.479 e. The average Bonchev–Trinajstić information content (AvgIpc) is 2.56. The van der Waals surface area contributed by atoms with E-state index in [1.807, 2.05) is 0 Å². The number of rotatable bonds is 5. The van der Waals surface area contributed by atoms with Gasteiger partial charge in [-0.25, -0.2) is 4.79 Å². The molecule has 4 heteroatoms. The van der Waals surface area contributed by atoms with E-state index in [4.69, 9.17) is 9.84 Å². The molecular weight excluding hydrogens is 170 g/mol. The molecule has 0 aliphatic carbocycles. The van der Waals surface area contributed by atoms with Gasteiger partial charge in [0.15, 0.2) is 6.10 Å². The predicted molar refractivity (Wildman–Crippen MR) is 48.6 cm³/mol. The van der Waals surface area contributed by atoms with Gasteiger partial charge in [-0.2, -0.15) is 0 Å². The van der Waals surface area contributed by atoms with Crippen molar-refractivity contribution in [3.63, 3.8) is 0 Å². The zero-order chi connectivity index (χ0) is 9.68. The van der Waals surface area contributed by atoms with Crippen LogP contribution in [0.15, 0.2) is 0 Å². The van der Waals surface area contributed by atoms with E-state index in [0.717, 1.165) is 19.5 Å². The molecule has 0 radical (unpaired) electrons. The molecular formula is C9H17NO3. The number of nitrogens with one attached hydrogen (secondary N) is 1. The molecule has 2 atom stereocenters. The summed E-state index contributed by atoms with van der Waals surface area (Å²) in [4.78, 5) is 10.4. The summed E-state index contributed by atoms with van der Waals surface area (Å²) in [5.74, 6) is -0.217. The van der Waals surface area contributed by atoms with Gasteiger partial charge in [-0.1, -0.05) is 0 Å². The van der Waals surface area contributed by atoms with E-state index in [0.29, 0.717) is 12.5 Å². The third-order valence-corrected chi connectivity index (χ3v) is 2.40. The SMILES string of the molecule is CC(OCCC1CCNC1)C(=O)O. The molecule has 1 saturated heterocycles. The van der Waals surface area contributed by atoms with Crippen LogP contribution in [0, 0.1) is 5.92 Å². The zero-order valence-corrected chi connectivity index (χ0v) is 7.95. The molecule has 13 heavy (non-hydrogen) atoms. The first-order valence-electron chi connectivity index (χ1n) is 4.75. The van der Waals surface area contributed by atoms with Crippen molar-refractivity contribution in [3.05, 3.63) is 0 Å². The fraction of sp³-hybridized carbons (Fsp3) is 0.889. The number of carbonyl (C=O) groups is 1. The third kappa shape index (κ3) is 3.74. The Bertz CT molecular complexity index is 166. The van der Waals surface area contributed by atoms with Crippen molar-refractivity contribution in [3.8, 4) is 0 Å². The summed E-state index contributed by atoms with van der Waals surface area (Å²) in [5.41, 5.74) is 0. The van der Waals surface area contributed by atoms with Crippen LogP contribution in [-0.4, -0.2) is 36.9 Å². The molecule has 4 nitrogen and oxygen atoms in total. The van der Waals surface area contributed by atoms with E-state index < -0.39 is 12.1 Å². The Morgan fingerprint density at radius 1 is 1.77 bits per heavy atom. The first kappa shape index (κ1) is 10.5. The topological polar surface area (TPSA) is 58.6 Å². The molecule has 1 aliphatic heterocycles. The lowest BCUT2D eigenvalue weighted by molar-refractivity contribution is -0.149.